The first-order valence-corrected chi connectivity index (χ1v) is 5.70. The van der Waals surface area contributed by atoms with E-state index in [9.17, 15) is 18.4 Å². The van der Waals surface area contributed by atoms with Crippen LogP contribution in [0.15, 0.2) is 29.0 Å². The summed E-state index contributed by atoms with van der Waals surface area (Å²) in [6.45, 7) is 1.69. The Hall–Kier alpha value is -2.57. The van der Waals surface area contributed by atoms with Gasteiger partial charge in [-0.25, -0.2) is 4.98 Å². The summed E-state index contributed by atoms with van der Waals surface area (Å²) in [6, 6.07) is 3.69. The number of nitrogens with one attached hydrogen (secondary N) is 1. The zero-order chi connectivity index (χ0) is 14.5. The van der Waals surface area contributed by atoms with Gasteiger partial charge < -0.3 is 4.42 Å². The largest absolute Gasteiger partial charge is 0.443 e. The number of rotatable bonds is 1. The van der Waals surface area contributed by atoms with Crippen LogP contribution in [0.3, 0.4) is 0 Å². The van der Waals surface area contributed by atoms with Gasteiger partial charge in [0.1, 0.15) is 0 Å². The van der Waals surface area contributed by atoms with Gasteiger partial charge in [-0.3, -0.25) is 14.9 Å². The van der Waals surface area contributed by atoms with Gasteiger partial charge >= 0.3 is 11.8 Å². The Kier molecular flexibility index (Phi) is 2.47. The molecule has 20 heavy (non-hydrogen) atoms. The average molecular weight is 278 g/mol. The zero-order valence-corrected chi connectivity index (χ0v) is 10.2. The summed E-state index contributed by atoms with van der Waals surface area (Å²) in [5.74, 6) is -5.80. The summed E-state index contributed by atoms with van der Waals surface area (Å²) in [6.07, 6.45) is 1.22. The first-order valence-electron chi connectivity index (χ1n) is 5.70. The Balaban J connectivity index is 2.19. The summed E-state index contributed by atoms with van der Waals surface area (Å²) in [5.41, 5.74) is 0.165. The summed E-state index contributed by atoms with van der Waals surface area (Å²) >= 11 is 0. The number of halogens is 2. The van der Waals surface area contributed by atoms with Crippen molar-refractivity contribution in [1.82, 2.24) is 10.3 Å². The summed E-state index contributed by atoms with van der Waals surface area (Å²) < 4.78 is 32.6. The molecule has 0 fully saturated rings. The summed E-state index contributed by atoms with van der Waals surface area (Å²) in [5, 5.41) is 1.64. The molecule has 2 amide bonds. The predicted octanol–water partition coefficient (Wildman–Crippen LogP) is 2.01. The molecule has 0 saturated carbocycles. The zero-order valence-electron chi connectivity index (χ0n) is 10.2. The van der Waals surface area contributed by atoms with Gasteiger partial charge in [-0.05, 0) is 13.0 Å². The van der Waals surface area contributed by atoms with Crippen LogP contribution in [-0.4, -0.2) is 16.8 Å². The SMILES string of the molecule is Cc1ncoc1-c1ccc2c(c1)C(=O)NC(=O)C2(F)F. The molecule has 1 aliphatic rings. The molecule has 102 valence electrons. The molecule has 7 heteroatoms. The monoisotopic (exact) mass is 278 g/mol. The quantitative estimate of drug-likeness (QED) is 0.810. The molecule has 1 aliphatic heterocycles. The second-order valence-corrected chi connectivity index (χ2v) is 4.38. The molecule has 0 unspecified atom stereocenters. The number of oxazole rings is 1. The number of hydrogen-bond donors (Lipinski definition) is 1. The van der Waals surface area contributed by atoms with Crippen molar-refractivity contribution in [2.24, 2.45) is 0 Å². The molecule has 5 nitrogen and oxygen atoms in total. The number of amides is 2. The highest BCUT2D eigenvalue weighted by Crippen LogP contribution is 2.36. The highest BCUT2D eigenvalue weighted by Gasteiger charge is 2.48. The van der Waals surface area contributed by atoms with Crippen LogP contribution in [0.1, 0.15) is 21.6 Å². The molecule has 0 aliphatic carbocycles. The second kappa shape index (κ2) is 3.96. The number of alkyl halides is 2. The van der Waals surface area contributed by atoms with Gasteiger partial charge in [0.2, 0.25) is 0 Å². The fraction of sp³-hybridized carbons (Fsp3) is 0.154. The first kappa shape index (κ1) is 12.5. The fourth-order valence-electron chi connectivity index (χ4n) is 2.10. The summed E-state index contributed by atoms with van der Waals surface area (Å²) in [4.78, 5) is 26.7. The van der Waals surface area contributed by atoms with Crippen molar-refractivity contribution < 1.29 is 22.8 Å². The number of imide groups is 1. The molecule has 0 bridgehead atoms. The number of carbonyl (C=O) groups is 2. The van der Waals surface area contributed by atoms with Gasteiger partial charge in [0.25, 0.3) is 5.91 Å². The van der Waals surface area contributed by atoms with Crippen LogP contribution in [0.4, 0.5) is 8.78 Å². The Morgan fingerprint density at radius 3 is 2.70 bits per heavy atom. The van der Waals surface area contributed by atoms with Gasteiger partial charge in [-0.2, -0.15) is 8.78 Å². The minimum atomic E-state index is -3.72. The van der Waals surface area contributed by atoms with E-state index in [4.69, 9.17) is 4.42 Å². The number of aromatic nitrogens is 1. The van der Waals surface area contributed by atoms with Crippen molar-refractivity contribution >= 4 is 11.8 Å². The standard InChI is InChI=1S/C13H8F2N2O3/c1-6-10(20-5-16-6)7-2-3-9-8(4-7)11(18)17-12(19)13(9,14)15/h2-5H,1H3,(H,17,18,19). The Morgan fingerprint density at radius 1 is 1.30 bits per heavy atom. The molecular weight excluding hydrogens is 270 g/mol. The van der Waals surface area contributed by atoms with E-state index in [0.29, 0.717) is 17.0 Å². The molecule has 3 rings (SSSR count). The second-order valence-electron chi connectivity index (χ2n) is 4.38. The minimum Gasteiger partial charge on any atom is -0.443 e. The lowest BCUT2D eigenvalue weighted by Gasteiger charge is -2.23. The Labute approximate surface area is 111 Å². The van der Waals surface area contributed by atoms with Crippen molar-refractivity contribution in [3.63, 3.8) is 0 Å². The van der Waals surface area contributed by atoms with Crippen LogP contribution in [-0.2, 0) is 10.7 Å². The number of carbonyl (C=O) groups excluding carboxylic acids is 2. The maximum Gasteiger partial charge on any atom is 0.350 e. The van der Waals surface area contributed by atoms with Gasteiger partial charge in [0, 0.05) is 11.1 Å². The van der Waals surface area contributed by atoms with E-state index < -0.39 is 23.3 Å². The van der Waals surface area contributed by atoms with E-state index in [-0.39, 0.29) is 5.56 Å². The molecule has 0 saturated heterocycles. The number of aryl methyl sites for hydroxylation is 1. The third-order valence-corrected chi connectivity index (χ3v) is 3.12. The van der Waals surface area contributed by atoms with Crippen molar-refractivity contribution in [2.45, 2.75) is 12.8 Å². The van der Waals surface area contributed by atoms with E-state index in [1.54, 1.807) is 12.2 Å². The lowest BCUT2D eigenvalue weighted by Crippen LogP contribution is -2.47. The van der Waals surface area contributed by atoms with Crippen LogP contribution >= 0.6 is 0 Å². The Morgan fingerprint density at radius 2 is 2.05 bits per heavy atom. The van der Waals surface area contributed by atoms with Crippen molar-refractivity contribution in [3.05, 3.63) is 41.4 Å². The van der Waals surface area contributed by atoms with Crippen LogP contribution in [0.5, 0.6) is 0 Å². The van der Waals surface area contributed by atoms with Crippen molar-refractivity contribution in [2.75, 3.05) is 0 Å². The molecule has 1 N–H and O–H groups in total. The smallest absolute Gasteiger partial charge is 0.350 e. The topological polar surface area (TPSA) is 72.2 Å². The number of benzene rings is 1. The molecule has 0 radical (unpaired) electrons. The van der Waals surface area contributed by atoms with Gasteiger partial charge in [0.05, 0.1) is 11.3 Å². The van der Waals surface area contributed by atoms with E-state index >= 15 is 0 Å². The maximum absolute atomic E-state index is 13.7. The molecule has 1 aromatic carbocycles. The summed E-state index contributed by atoms with van der Waals surface area (Å²) in [7, 11) is 0. The van der Waals surface area contributed by atoms with Gasteiger partial charge in [-0.1, -0.05) is 12.1 Å². The Bertz CT molecular complexity index is 737. The molecule has 0 spiro atoms. The molecule has 2 aromatic rings. The normalized spacial score (nSPS) is 16.8. The van der Waals surface area contributed by atoms with Crippen LogP contribution in [0.25, 0.3) is 11.3 Å². The number of nitrogens with zero attached hydrogens (tertiary/aromatic N) is 1. The lowest BCUT2D eigenvalue weighted by atomic mass is 9.94. The number of fused-ring (bicyclic) bond motifs is 1. The van der Waals surface area contributed by atoms with Gasteiger partial charge in [-0.15, -0.1) is 0 Å². The lowest BCUT2D eigenvalue weighted by molar-refractivity contribution is -0.146. The molecule has 0 atom stereocenters. The highest BCUT2D eigenvalue weighted by molar-refractivity contribution is 6.12. The van der Waals surface area contributed by atoms with Crippen molar-refractivity contribution in [3.8, 4) is 11.3 Å². The highest BCUT2D eigenvalue weighted by atomic mass is 19.3. The van der Waals surface area contributed by atoms with Crippen LogP contribution in [0.2, 0.25) is 0 Å². The third-order valence-electron chi connectivity index (χ3n) is 3.12. The third kappa shape index (κ3) is 1.63. The van der Waals surface area contributed by atoms with Crippen LogP contribution < -0.4 is 5.32 Å². The average Bonchev–Trinajstić information content (AvgIpc) is 2.82. The van der Waals surface area contributed by atoms with E-state index in [2.05, 4.69) is 4.98 Å². The van der Waals surface area contributed by atoms with Crippen molar-refractivity contribution in [1.29, 1.82) is 0 Å². The molecule has 2 heterocycles. The van der Waals surface area contributed by atoms with Crippen LogP contribution in [0, 0.1) is 6.92 Å². The molecule has 1 aromatic heterocycles. The number of hydrogen-bond acceptors (Lipinski definition) is 4. The predicted molar refractivity (Wildman–Crippen MR) is 63.0 cm³/mol. The van der Waals surface area contributed by atoms with E-state index in [1.165, 1.54) is 18.5 Å². The van der Waals surface area contributed by atoms with E-state index in [1.807, 2.05) is 0 Å². The first-order chi connectivity index (χ1) is 9.41. The fourth-order valence-corrected chi connectivity index (χ4v) is 2.10. The molecular formula is C13H8F2N2O3. The van der Waals surface area contributed by atoms with Gasteiger partial charge in [0.15, 0.2) is 12.2 Å². The van der Waals surface area contributed by atoms with E-state index in [0.717, 1.165) is 6.07 Å². The minimum absolute atomic E-state index is 0.247. The maximum atomic E-state index is 13.7.